The van der Waals surface area contributed by atoms with Crippen molar-refractivity contribution in [2.24, 2.45) is 7.05 Å². The number of nitrogens with zero attached hydrogens (tertiary/aromatic N) is 2. The van der Waals surface area contributed by atoms with Crippen molar-refractivity contribution < 1.29 is 12.8 Å². The Morgan fingerprint density at radius 1 is 1.07 bits per heavy atom. The molecule has 1 saturated heterocycles. The summed E-state index contributed by atoms with van der Waals surface area (Å²) in [5.74, 6) is -0.538. The lowest BCUT2D eigenvalue weighted by molar-refractivity contribution is 0.503. The number of aromatic nitrogens is 2. The van der Waals surface area contributed by atoms with Gasteiger partial charge in [-0.05, 0) is 48.7 Å². The highest BCUT2D eigenvalue weighted by Gasteiger charge is 2.36. The minimum atomic E-state index is -3.92. The van der Waals surface area contributed by atoms with E-state index in [1.807, 2.05) is 6.07 Å². The first-order chi connectivity index (χ1) is 13.9. The summed E-state index contributed by atoms with van der Waals surface area (Å²) < 4.78 is 44.4. The van der Waals surface area contributed by atoms with Gasteiger partial charge in [-0.15, -0.1) is 0 Å². The molecule has 2 aromatic carbocycles. The molecule has 4 aromatic rings. The smallest absolute Gasteiger partial charge is 0.268 e. The second kappa shape index (κ2) is 5.70. The summed E-state index contributed by atoms with van der Waals surface area (Å²) in [5.41, 5.74) is 3.89. The summed E-state index contributed by atoms with van der Waals surface area (Å²) in [7, 11) is -1.87. The molecular formula is C22H20FN3O2S. The lowest BCUT2D eigenvalue weighted by atomic mass is 9.99. The van der Waals surface area contributed by atoms with Gasteiger partial charge in [-0.3, -0.25) is 0 Å². The first-order valence-corrected chi connectivity index (χ1v) is 11.3. The fourth-order valence-corrected chi connectivity index (χ4v) is 6.55. The Morgan fingerprint density at radius 3 is 2.76 bits per heavy atom. The number of hydrogen-bond acceptors (Lipinski definition) is 3. The van der Waals surface area contributed by atoms with Gasteiger partial charge in [-0.2, -0.15) is 0 Å². The van der Waals surface area contributed by atoms with Crippen LogP contribution >= 0.6 is 0 Å². The highest BCUT2D eigenvalue weighted by molar-refractivity contribution is 7.90. The molecule has 2 aliphatic heterocycles. The van der Waals surface area contributed by atoms with Crippen LogP contribution in [-0.2, 0) is 23.5 Å². The van der Waals surface area contributed by atoms with Gasteiger partial charge in [0, 0.05) is 47.5 Å². The van der Waals surface area contributed by atoms with Crippen molar-refractivity contribution in [1.82, 2.24) is 13.9 Å². The monoisotopic (exact) mass is 409 g/mol. The Kier molecular flexibility index (Phi) is 3.39. The summed E-state index contributed by atoms with van der Waals surface area (Å²) in [6, 6.07) is 12.7. The molecule has 0 spiro atoms. The summed E-state index contributed by atoms with van der Waals surface area (Å²) in [6.07, 6.45) is 4.25. The number of rotatable bonds is 2. The molecule has 4 heterocycles. The second-order valence-corrected chi connectivity index (χ2v) is 9.91. The molecule has 0 saturated carbocycles. The SMILES string of the molecule is Cn1c2c(c3cc(S(=O)(=O)n4cc(F)c5ccccc54)ccc31)C1CCC(C2)N1. The van der Waals surface area contributed by atoms with Crippen molar-refractivity contribution in [2.75, 3.05) is 0 Å². The normalized spacial score (nSPS) is 21.2. The molecule has 2 aliphatic rings. The number of nitrogens with one attached hydrogen (secondary N) is 1. The highest BCUT2D eigenvalue weighted by atomic mass is 32.2. The van der Waals surface area contributed by atoms with Crippen molar-refractivity contribution in [1.29, 1.82) is 0 Å². The summed E-state index contributed by atoms with van der Waals surface area (Å²) in [4.78, 5) is 0.180. The minimum absolute atomic E-state index is 0.180. The molecule has 2 unspecified atom stereocenters. The standard InChI is InChI=1S/C22H20FN3O2S/c1-25-19-9-7-14(11-16(19)22-18-8-6-13(24-18)10-21(22)25)29(27,28)26-12-17(23)15-4-2-3-5-20(15)26/h2-5,7,9,11-13,18,24H,6,8,10H2,1H3. The van der Waals surface area contributed by atoms with Gasteiger partial charge in [0.15, 0.2) is 0 Å². The van der Waals surface area contributed by atoms with Crippen LogP contribution in [0.15, 0.2) is 53.6 Å². The number of aryl methyl sites for hydroxylation is 1. The molecule has 0 aliphatic carbocycles. The maximum atomic E-state index is 14.3. The zero-order valence-electron chi connectivity index (χ0n) is 15.9. The molecule has 2 aromatic heterocycles. The average molecular weight is 409 g/mol. The molecule has 0 amide bonds. The van der Waals surface area contributed by atoms with E-state index in [0.29, 0.717) is 16.9 Å². The predicted octanol–water partition coefficient (Wildman–Crippen LogP) is 3.86. The van der Waals surface area contributed by atoms with Gasteiger partial charge in [-0.1, -0.05) is 12.1 Å². The van der Waals surface area contributed by atoms with Crippen molar-refractivity contribution in [3.8, 4) is 0 Å². The molecule has 0 radical (unpaired) electrons. The summed E-state index contributed by atoms with van der Waals surface area (Å²) in [6.45, 7) is 0. The van der Waals surface area contributed by atoms with Crippen molar-refractivity contribution >= 4 is 31.8 Å². The molecule has 5 nitrogen and oxygen atoms in total. The third-order valence-electron chi connectivity index (χ3n) is 6.55. The molecule has 1 fully saturated rings. The Morgan fingerprint density at radius 2 is 1.90 bits per heavy atom. The Bertz CT molecular complexity index is 1420. The molecule has 2 bridgehead atoms. The molecule has 6 rings (SSSR count). The lowest BCUT2D eigenvalue weighted by Crippen LogP contribution is -2.32. The molecular weight excluding hydrogens is 389 g/mol. The van der Waals surface area contributed by atoms with Crippen LogP contribution in [0.4, 0.5) is 4.39 Å². The molecule has 29 heavy (non-hydrogen) atoms. The average Bonchev–Trinajstić information content (AvgIpc) is 3.36. The van der Waals surface area contributed by atoms with Crippen LogP contribution in [0.2, 0.25) is 0 Å². The first kappa shape index (κ1) is 17.2. The Labute approximate surface area is 167 Å². The van der Waals surface area contributed by atoms with Gasteiger partial charge in [0.05, 0.1) is 16.6 Å². The second-order valence-electron chi connectivity index (χ2n) is 8.09. The fraction of sp³-hybridized carbons (Fsp3) is 0.273. The van der Waals surface area contributed by atoms with Crippen molar-refractivity contribution in [3.05, 3.63) is 65.7 Å². The number of para-hydroxylation sites is 1. The maximum Gasteiger partial charge on any atom is 0.268 e. The van der Waals surface area contributed by atoms with Crippen LogP contribution in [-0.4, -0.2) is 23.0 Å². The molecule has 7 heteroatoms. The molecule has 148 valence electrons. The van der Waals surface area contributed by atoms with Gasteiger partial charge in [0.2, 0.25) is 0 Å². The van der Waals surface area contributed by atoms with Gasteiger partial charge in [0.25, 0.3) is 10.0 Å². The highest BCUT2D eigenvalue weighted by Crippen LogP contribution is 2.42. The zero-order valence-corrected chi connectivity index (χ0v) is 16.7. The van der Waals surface area contributed by atoms with Crippen molar-refractivity contribution in [3.63, 3.8) is 0 Å². The van der Waals surface area contributed by atoms with E-state index < -0.39 is 15.8 Å². The van der Waals surface area contributed by atoms with E-state index in [-0.39, 0.29) is 10.9 Å². The maximum absolute atomic E-state index is 14.3. The van der Waals surface area contributed by atoms with Gasteiger partial charge < -0.3 is 9.88 Å². The molecule has 2 atom stereocenters. The number of fused-ring (bicyclic) bond motifs is 7. The van der Waals surface area contributed by atoms with E-state index in [1.54, 1.807) is 36.4 Å². The topological polar surface area (TPSA) is 56.0 Å². The van der Waals surface area contributed by atoms with Gasteiger partial charge in [0.1, 0.15) is 5.82 Å². The summed E-state index contributed by atoms with van der Waals surface area (Å²) >= 11 is 0. The van der Waals surface area contributed by atoms with Crippen LogP contribution in [0.5, 0.6) is 0 Å². The van der Waals surface area contributed by atoms with E-state index in [2.05, 4.69) is 16.9 Å². The number of hydrogen-bond donors (Lipinski definition) is 1. The van der Waals surface area contributed by atoms with Gasteiger partial charge in [-0.25, -0.2) is 16.8 Å². The Balaban J connectivity index is 1.58. The zero-order chi connectivity index (χ0) is 19.9. The van der Waals surface area contributed by atoms with Crippen LogP contribution in [0.1, 0.15) is 30.1 Å². The minimum Gasteiger partial charge on any atom is -0.347 e. The van der Waals surface area contributed by atoms with Gasteiger partial charge >= 0.3 is 0 Å². The number of benzene rings is 2. The first-order valence-electron chi connectivity index (χ1n) is 9.83. The quantitative estimate of drug-likeness (QED) is 0.547. The van der Waals surface area contributed by atoms with E-state index in [0.717, 1.165) is 40.3 Å². The van der Waals surface area contributed by atoms with E-state index in [4.69, 9.17) is 0 Å². The van der Waals surface area contributed by atoms with E-state index >= 15 is 0 Å². The summed E-state index contributed by atoms with van der Waals surface area (Å²) in [5, 5.41) is 4.92. The van der Waals surface area contributed by atoms with E-state index in [1.165, 1.54) is 11.3 Å². The lowest BCUT2D eigenvalue weighted by Gasteiger charge is -2.23. The van der Waals surface area contributed by atoms with Crippen LogP contribution < -0.4 is 5.32 Å². The fourth-order valence-electron chi connectivity index (χ4n) is 5.16. The van der Waals surface area contributed by atoms with Crippen LogP contribution in [0.25, 0.3) is 21.8 Å². The number of halogens is 1. The van der Waals surface area contributed by atoms with Crippen molar-refractivity contribution in [2.45, 2.75) is 36.2 Å². The van der Waals surface area contributed by atoms with E-state index in [9.17, 15) is 12.8 Å². The molecule has 1 N–H and O–H groups in total. The van der Waals surface area contributed by atoms with Crippen LogP contribution in [0.3, 0.4) is 0 Å². The third kappa shape index (κ3) is 2.25. The Hall–Kier alpha value is -2.64. The largest absolute Gasteiger partial charge is 0.347 e. The third-order valence-corrected chi connectivity index (χ3v) is 8.22. The van der Waals surface area contributed by atoms with Crippen LogP contribution in [0, 0.1) is 5.82 Å². The predicted molar refractivity (Wildman–Crippen MR) is 110 cm³/mol.